The van der Waals surface area contributed by atoms with Crippen molar-refractivity contribution in [2.24, 2.45) is 5.92 Å². The smallest absolute Gasteiger partial charge is 0.404 e. The first-order valence-electron chi connectivity index (χ1n) is 6.47. The van der Waals surface area contributed by atoms with Crippen molar-refractivity contribution in [1.29, 1.82) is 0 Å². The molecule has 0 aromatic rings. The molecule has 11 nitrogen and oxygen atoms in total. The van der Waals surface area contributed by atoms with E-state index >= 15 is 0 Å². The second-order valence-electron chi connectivity index (χ2n) is 3.70. The Bertz CT molecular complexity index is 272. The van der Waals surface area contributed by atoms with Crippen molar-refractivity contribution in [3.05, 3.63) is 0 Å². The number of aliphatic hydroxyl groups is 2. The fourth-order valence-corrected chi connectivity index (χ4v) is 0.788. The molecule has 0 spiro atoms. The number of carbonyl (C=O) groups excluding carboxylic acids is 1. The maximum absolute atomic E-state index is 10.3. The SMILES string of the molecule is COCCO.COCCO.O=CC(CNC(=O)O)CNC(=O)O.[Y].[Y]. The normalized spacial score (nSPS) is 8.20. The summed E-state index contributed by atoms with van der Waals surface area (Å²) in [6.45, 7) is 0.936. The van der Waals surface area contributed by atoms with Crippen molar-refractivity contribution in [2.75, 3.05) is 53.7 Å². The molecule has 0 aromatic heterocycles. The van der Waals surface area contributed by atoms with Crippen molar-refractivity contribution < 1.29 is 110 Å². The van der Waals surface area contributed by atoms with Crippen molar-refractivity contribution >= 4 is 18.5 Å². The van der Waals surface area contributed by atoms with Gasteiger partial charge >= 0.3 is 12.2 Å². The van der Waals surface area contributed by atoms with E-state index in [2.05, 4.69) is 9.47 Å². The van der Waals surface area contributed by atoms with Crippen LogP contribution in [0.1, 0.15) is 0 Å². The minimum Gasteiger partial charge on any atom is -0.465 e. The quantitative estimate of drug-likeness (QED) is 0.200. The number of amides is 2. The maximum atomic E-state index is 10.3. The number of rotatable bonds is 9. The molecule has 25 heavy (non-hydrogen) atoms. The van der Waals surface area contributed by atoms with E-state index in [-0.39, 0.29) is 91.7 Å². The molecule has 0 rings (SSSR count). The molecule has 0 aliphatic carbocycles. The van der Waals surface area contributed by atoms with Crippen LogP contribution in [-0.2, 0) is 79.7 Å². The summed E-state index contributed by atoms with van der Waals surface area (Å²) in [4.78, 5) is 30.3. The van der Waals surface area contributed by atoms with Crippen LogP contribution in [0.25, 0.3) is 0 Å². The van der Waals surface area contributed by atoms with Crippen LogP contribution in [-0.4, -0.2) is 92.6 Å². The van der Waals surface area contributed by atoms with Gasteiger partial charge in [-0.3, -0.25) is 0 Å². The van der Waals surface area contributed by atoms with Crippen molar-refractivity contribution in [3.8, 4) is 0 Å². The summed E-state index contributed by atoms with van der Waals surface area (Å²) in [7, 11) is 3.10. The average Bonchev–Trinajstić information content (AvgIpc) is 2.50. The van der Waals surface area contributed by atoms with Gasteiger partial charge in [-0.25, -0.2) is 9.59 Å². The molecule has 2 radical (unpaired) electrons. The second-order valence-corrected chi connectivity index (χ2v) is 3.70. The van der Waals surface area contributed by atoms with Gasteiger partial charge in [0.05, 0.1) is 26.4 Å². The van der Waals surface area contributed by atoms with Gasteiger partial charge in [0.15, 0.2) is 0 Å². The van der Waals surface area contributed by atoms with Gasteiger partial charge in [-0.15, -0.1) is 0 Å². The number of hydrogen-bond donors (Lipinski definition) is 6. The zero-order valence-corrected chi connectivity index (χ0v) is 20.1. The van der Waals surface area contributed by atoms with Gasteiger partial charge in [-0.2, -0.15) is 0 Å². The van der Waals surface area contributed by atoms with E-state index in [1.165, 1.54) is 0 Å². The van der Waals surface area contributed by atoms with Crippen LogP contribution in [0.3, 0.4) is 0 Å². The van der Waals surface area contributed by atoms with Crippen LogP contribution in [0.5, 0.6) is 0 Å². The Morgan fingerprint density at radius 1 is 0.920 bits per heavy atom. The number of carbonyl (C=O) groups is 3. The molecule has 0 bridgehead atoms. The van der Waals surface area contributed by atoms with E-state index in [0.29, 0.717) is 19.5 Å². The van der Waals surface area contributed by atoms with E-state index in [9.17, 15) is 14.4 Å². The number of aliphatic hydroxyl groups excluding tert-OH is 2. The first kappa shape index (κ1) is 36.2. The maximum Gasteiger partial charge on any atom is 0.404 e. The van der Waals surface area contributed by atoms with Crippen molar-refractivity contribution in [3.63, 3.8) is 0 Å². The van der Waals surface area contributed by atoms with Crippen molar-refractivity contribution in [1.82, 2.24) is 10.6 Å². The van der Waals surface area contributed by atoms with Crippen LogP contribution in [0.4, 0.5) is 9.59 Å². The molecule has 0 unspecified atom stereocenters. The Balaban J connectivity index is -0.0000000933. The molecule has 0 aliphatic heterocycles. The van der Waals surface area contributed by atoms with Crippen LogP contribution in [0, 0.1) is 5.92 Å². The van der Waals surface area contributed by atoms with Gasteiger partial charge in [0, 0.05) is 98.6 Å². The average molecular weight is 520 g/mol. The fraction of sp³-hybridized carbons (Fsp3) is 0.750. The minimum absolute atomic E-state index is 0. The Kier molecular flexibility index (Phi) is 46.3. The van der Waals surface area contributed by atoms with Gasteiger partial charge < -0.3 is 45.3 Å². The summed E-state index contributed by atoms with van der Waals surface area (Å²) >= 11 is 0. The summed E-state index contributed by atoms with van der Waals surface area (Å²) in [6.07, 6.45) is -2.00. The van der Waals surface area contributed by atoms with Gasteiger partial charge in [-0.05, 0) is 0 Å². The number of ether oxygens (including phenoxy) is 2. The zero-order valence-electron chi connectivity index (χ0n) is 14.4. The molecule has 0 atom stereocenters. The topological polar surface area (TPSA) is 175 Å². The first-order chi connectivity index (χ1) is 10.9. The van der Waals surface area contributed by atoms with E-state index < -0.39 is 18.1 Å². The molecule has 144 valence electrons. The number of carboxylic acid groups (broad SMARTS) is 2. The predicted octanol–water partition coefficient (Wildman–Crippen LogP) is -1.42. The standard InChI is InChI=1S/C6H10N2O5.2C3H8O2.2Y/c9-3-4(1-7-5(10)11)2-8-6(12)13;2*1-5-3-2-4;;/h3-4,7-8H,1-2H2,(H,10,11)(H,12,13);2*4H,2-3H2,1H3;;. The van der Waals surface area contributed by atoms with Crippen LogP contribution in [0.2, 0.25) is 0 Å². The van der Waals surface area contributed by atoms with E-state index in [1.54, 1.807) is 14.2 Å². The summed E-state index contributed by atoms with van der Waals surface area (Å²) in [5, 5.41) is 36.2. The van der Waals surface area contributed by atoms with Gasteiger partial charge in [0.25, 0.3) is 0 Å². The molecule has 0 fully saturated rings. The van der Waals surface area contributed by atoms with Gasteiger partial charge in [0.1, 0.15) is 6.29 Å². The molecule has 0 aliphatic rings. The van der Waals surface area contributed by atoms with Crippen molar-refractivity contribution in [2.45, 2.75) is 0 Å². The van der Waals surface area contributed by atoms with E-state index in [4.69, 9.17) is 20.4 Å². The predicted molar refractivity (Wildman–Crippen MR) is 79.5 cm³/mol. The second kappa shape index (κ2) is 32.0. The molecule has 0 heterocycles. The Morgan fingerprint density at radius 2 is 1.24 bits per heavy atom. The number of hydrogen-bond acceptors (Lipinski definition) is 7. The molecular formula is C12H26N2O9Y2. The Morgan fingerprint density at radius 3 is 1.36 bits per heavy atom. The summed E-state index contributed by atoms with van der Waals surface area (Å²) in [6, 6.07) is 0. The molecule has 2 amide bonds. The summed E-state index contributed by atoms with van der Waals surface area (Å²) in [5.41, 5.74) is 0. The van der Waals surface area contributed by atoms with E-state index in [1.807, 2.05) is 10.6 Å². The number of methoxy groups -OCH3 is 2. The molecule has 0 saturated heterocycles. The molecular weight excluding hydrogens is 494 g/mol. The third kappa shape index (κ3) is 45.5. The number of nitrogens with one attached hydrogen (secondary N) is 2. The van der Waals surface area contributed by atoms with Crippen LogP contribution < -0.4 is 10.6 Å². The molecule has 0 aromatic carbocycles. The first-order valence-corrected chi connectivity index (χ1v) is 6.47. The fourth-order valence-electron chi connectivity index (χ4n) is 0.788. The molecule has 6 N–H and O–H groups in total. The van der Waals surface area contributed by atoms with Crippen LogP contribution >= 0.6 is 0 Å². The van der Waals surface area contributed by atoms with E-state index in [0.717, 1.165) is 0 Å². The minimum atomic E-state index is -1.25. The van der Waals surface area contributed by atoms with Gasteiger partial charge in [-0.1, -0.05) is 0 Å². The number of aldehydes is 1. The Hall–Kier alpha value is 0.258. The monoisotopic (exact) mass is 520 g/mol. The third-order valence-corrected chi connectivity index (χ3v) is 1.81. The molecule has 13 heteroatoms. The zero-order chi connectivity index (χ0) is 18.5. The van der Waals surface area contributed by atoms with Gasteiger partial charge in [0.2, 0.25) is 0 Å². The van der Waals surface area contributed by atoms with Crippen LogP contribution in [0.15, 0.2) is 0 Å². The Labute approximate surface area is 197 Å². The molecule has 0 saturated carbocycles. The largest absolute Gasteiger partial charge is 0.465 e. The summed E-state index contributed by atoms with van der Waals surface area (Å²) in [5.74, 6) is -0.674. The summed E-state index contributed by atoms with van der Waals surface area (Å²) < 4.78 is 8.88. The third-order valence-electron chi connectivity index (χ3n) is 1.81.